The third-order valence-electron chi connectivity index (χ3n) is 10.8. The molecule has 280 valence electrons. The molecule has 9 aromatic carbocycles. The first kappa shape index (κ1) is 35.5. The van der Waals surface area contributed by atoms with E-state index in [2.05, 4.69) is 245 Å². The third kappa shape index (κ3) is 7.16. The quantitative estimate of drug-likeness (QED) is 0.139. The van der Waals surface area contributed by atoms with E-state index in [4.69, 9.17) is 4.98 Å². The lowest BCUT2D eigenvalue weighted by Gasteiger charge is -2.28. The molecular weight excluding hydrogens is 717 g/mol. The van der Waals surface area contributed by atoms with Gasteiger partial charge in [-0.1, -0.05) is 133 Å². The van der Waals surface area contributed by atoms with Crippen molar-refractivity contribution in [2.75, 3.05) is 9.80 Å². The molecule has 0 saturated carbocycles. The van der Waals surface area contributed by atoms with Gasteiger partial charge in [-0.15, -0.1) is 0 Å². The Hall–Kier alpha value is -7.95. The minimum Gasteiger partial charge on any atom is -0.311 e. The lowest BCUT2D eigenvalue weighted by molar-refractivity contribution is 1.10. The predicted octanol–water partition coefficient (Wildman–Crippen LogP) is 15.0. The number of benzene rings is 9. The summed E-state index contributed by atoms with van der Waals surface area (Å²) in [4.78, 5) is 9.75. The first-order valence-electron chi connectivity index (χ1n) is 20.0. The Morgan fingerprint density at radius 3 is 1.05 bits per heavy atom. The fraction of sp³-hybridized carbons (Fsp3) is 0. The highest BCUT2D eigenvalue weighted by Crippen LogP contribution is 2.41. The van der Waals surface area contributed by atoms with Crippen molar-refractivity contribution in [2.45, 2.75) is 0 Å². The minimum absolute atomic E-state index is 0.910. The largest absolute Gasteiger partial charge is 0.311 e. The molecular formula is C55H40N4. The molecule has 0 N–H and O–H groups in total. The van der Waals surface area contributed by atoms with E-state index in [1.807, 2.05) is 12.1 Å². The Morgan fingerprint density at radius 2 is 0.593 bits per heavy atom. The van der Waals surface area contributed by atoms with Crippen molar-refractivity contribution in [3.8, 4) is 39.3 Å². The molecule has 0 amide bonds. The molecule has 4 nitrogen and oxygen atoms in total. The van der Waals surface area contributed by atoms with Gasteiger partial charge in [-0.25, -0.2) is 4.98 Å². The standard InChI is InChI=1S/C55H40N4/c1-5-15-41(16-6-1)43-25-31-48(32-26-43)58(49-33-27-44(28-34-49)42-17-7-2-8-18-42)52-39-37-51(38-40-52)57(46-19-9-3-10-20-46)50-35-29-45(30-36-50)55-56-53-23-13-14-24-54(53)59(55)47-21-11-4-12-22-47/h1-40H. The molecule has 4 heteroatoms. The fourth-order valence-electron chi connectivity index (χ4n) is 7.91. The van der Waals surface area contributed by atoms with Gasteiger partial charge < -0.3 is 9.80 Å². The zero-order valence-electron chi connectivity index (χ0n) is 32.4. The smallest absolute Gasteiger partial charge is 0.145 e. The van der Waals surface area contributed by atoms with E-state index in [1.165, 1.54) is 22.3 Å². The Morgan fingerprint density at radius 1 is 0.271 bits per heavy atom. The van der Waals surface area contributed by atoms with Crippen LogP contribution in [0.1, 0.15) is 0 Å². The maximum atomic E-state index is 5.11. The van der Waals surface area contributed by atoms with Crippen molar-refractivity contribution >= 4 is 45.2 Å². The van der Waals surface area contributed by atoms with E-state index in [-0.39, 0.29) is 0 Å². The number of hydrogen-bond acceptors (Lipinski definition) is 3. The van der Waals surface area contributed by atoms with Crippen LogP contribution in [0.4, 0.5) is 34.1 Å². The zero-order chi connectivity index (χ0) is 39.4. The summed E-state index contributed by atoms with van der Waals surface area (Å²) in [5.74, 6) is 0.910. The number of imidazole rings is 1. The van der Waals surface area contributed by atoms with Gasteiger partial charge in [-0.3, -0.25) is 4.57 Å². The second-order valence-electron chi connectivity index (χ2n) is 14.5. The van der Waals surface area contributed by atoms with Gasteiger partial charge in [0.25, 0.3) is 0 Å². The van der Waals surface area contributed by atoms with E-state index in [9.17, 15) is 0 Å². The van der Waals surface area contributed by atoms with Crippen LogP contribution in [0.3, 0.4) is 0 Å². The summed E-state index contributed by atoms with van der Waals surface area (Å²) in [6.45, 7) is 0. The lowest BCUT2D eigenvalue weighted by Crippen LogP contribution is -2.12. The van der Waals surface area contributed by atoms with Gasteiger partial charge in [0.15, 0.2) is 0 Å². The van der Waals surface area contributed by atoms with Crippen LogP contribution in [0.15, 0.2) is 243 Å². The van der Waals surface area contributed by atoms with Crippen molar-refractivity contribution in [1.29, 1.82) is 0 Å². The number of fused-ring (bicyclic) bond motifs is 1. The Balaban J connectivity index is 1.02. The van der Waals surface area contributed by atoms with Crippen LogP contribution in [0.5, 0.6) is 0 Å². The molecule has 0 fully saturated rings. The van der Waals surface area contributed by atoms with E-state index < -0.39 is 0 Å². The van der Waals surface area contributed by atoms with Crippen LogP contribution in [0.25, 0.3) is 50.4 Å². The molecule has 10 aromatic rings. The normalized spacial score (nSPS) is 11.1. The number of hydrogen-bond donors (Lipinski definition) is 0. The molecule has 1 heterocycles. The molecule has 0 spiro atoms. The van der Waals surface area contributed by atoms with E-state index in [0.29, 0.717) is 0 Å². The van der Waals surface area contributed by atoms with Crippen molar-refractivity contribution in [1.82, 2.24) is 9.55 Å². The highest BCUT2D eigenvalue weighted by Gasteiger charge is 2.18. The summed E-state index contributed by atoms with van der Waals surface area (Å²) < 4.78 is 2.24. The van der Waals surface area contributed by atoms with Crippen molar-refractivity contribution in [3.63, 3.8) is 0 Å². The lowest BCUT2D eigenvalue weighted by atomic mass is 10.0. The molecule has 0 aliphatic heterocycles. The number of nitrogens with zero attached hydrogens (tertiary/aromatic N) is 4. The van der Waals surface area contributed by atoms with Crippen molar-refractivity contribution in [2.24, 2.45) is 0 Å². The molecule has 59 heavy (non-hydrogen) atoms. The van der Waals surface area contributed by atoms with Gasteiger partial charge in [-0.2, -0.15) is 0 Å². The second-order valence-corrected chi connectivity index (χ2v) is 14.5. The Labute approximate surface area is 345 Å². The maximum absolute atomic E-state index is 5.11. The summed E-state index contributed by atoms with van der Waals surface area (Å²) in [5, 5.41) is 0. The molecule has 0 unspecified atom stereocenters. The predicted molar refractivity (Wildman–Crippen MR) is 247 cm³/mol. The van der Waals surface area contributed by atoms with Gasteiger partial charge in [0.1, 0.15) is 5.82 Å². The molecule has 10 rings (SSSR count). The summed E-state index contributed by atoms with van der Waals surface area (Å²) in [7, 11) is 0. The maximum Gasteiger partial charge on any atom is 0.145 e. The van der Waals surface area contributed by atoms with Crippen LogP contribution in [-0.4, -0.2) is 9.55 Å². The Kier molecular flexibility index (Phi) is 9.55. The fourth-order valence-corrected chi connectivity index (χ4v) is 7.91. The minimum atomic E-state index is 0.910. The molecule has 0 aliphatic carbocycles. The zero-order valence-corrected chi connectivity index (χ0v) is 32.4. The molecule has 1 aromatic heterocycles. The number of rotatable bonds is 10. The van der Waals surface area contributed by atoms with Crippen LogP contribution < -0.4 is 9.80 Å². The van der Waals surface area contributed by atoms with Crippen LogP contribution in [0, 0.1) is 0 Å². The topological polar surface area (TPSA) is 24.3 Å². The van der Waals surface area contributed by atoms with Gasteiger partial charge in [0.2, 0.25) is 0 Å². The molecule has 0 radical (unpaired) electrons. The Bertz CT molecular complexity index is 2840. The van der Waals surface area contributed by atoms with E-state index in [0.717, 1.165) is 62.2 Å². The number of para-hydroxylation sites is 4. The van der Waals surface area contributed by atoms with Gasteiger partial charge in [-0.05, 0) is 131 Å². The molecule has 0 bridgehead atoms. The average Bonchev–Trinajstić information content (AvgIpc) is 3.71. The monoisotopic (exact) mass is 756 g/mol. The molecule has 0 aliphatic rings. The van der Waals surface area contributed by atoms with E-state index >= 15 is 0 Å². The summed E-state index contributed by atoms with van der Waals surface area (Å²) in [5.41, 5.74) is 15.4. The first-order valence-corrected chi connectivity index (χ1v) is 20.0. The van der Waals surface area contributed by atoms with Gasteiger partial charge in [0, 0.05) is 45.4 Å². The number of anilines is 6. The highest BCUT2D eigenvalue weighted by molar-refractivity contribution is 5.86. The highest BCUT2D eigenvalue weighted by atomic mass is 15.2. The van der Waals surface area contributed by atoms with Gasteiger partial charge >= 0.3 is 0 Å². The third-order valence-corrected chi connectivity index (χ3v) is 10.8. The SMILES string of the molecule is c1ccc(-c2ccc(N(c3ccc(-c4ccccc4)cc3)c3ccc(N(c4ccccc4)c4ccc(-c5nc6ccccc6n5-c5ccccc5)cc4)cc3)cc2)cc1. The first-order chi connectivity index (χ1) is 29.3. The van der Waals surface area contributed by atoms with Crippen molar-refractivity contribution in [3.05, 3.63) is 243 Å². The summed E-state index contributed by atoms with van der Waals surface area (Å²) >= 11 is 0. The average molecular weight is 757 g/mol. The number of aromatic nitrogens is 2. The van der Waals surface area contributed by atoms with Crippen LogP contribution in [-0.2, 0) is 0 Å². The summed E-state index contributed by atoms with van der Waals surface area (Å²) in [6, 6.07) is 85.7. The summed E-state index contributed by atoms with van der Waals surface area (Å²) in [6.07, 6.45) is 0. The van der Waals surface area contributed by atoms with Gasteiger partial charge in [0.05, 0.1) is 11.0 Å². The van der Waals surface area contributed by atoms with Crippen LogP contribution >= 0.6 is 0 Å². The van der Waals surface area contributed by atoms with Crippen LogP contribution in [0.2, 0.25) is 0 Å². The van der Waals surface area contributed by atoms with Crippen molar-refractivity contribution < 1.29 is 0 Å². The second kappa shape index (κ2) is 15.9. The molecule has 0 atom stereocenters. The molecule has 0 saturated heterocycles. The van der Waals surface area contributed by atoms with E-state index in [1.54, 1.807) is 0 Å².